The number of hydrogen-bond donors (Lipinski definition) is 1. The summed E-state index contributed by atoms with van der Waals surface area (Å²) in [5, 5.41) is 11.7. The van der Waals surface area contributed by atoms with Gasteiger partial charge in [0, 0.05) is 11.1 Å². The van der Waals surface area contributed by atoms with Crippen LogP contribution in [0.15, 0.2) is 24.3 Å². The fourth-order valence-electron chi connectivity index (χ4n) is 1.18. The Morgan fingerprint density at radius 1 is 1.53 bits per heavy atom. The smallest absolute Gasteiger partial charge is 0.258 e. The van der Waals surface area contributed by atoms with Crippen LogP contribution in [0.4, 0.5) is 0 Å². The monoisotopic (exact) mass is 252 g/mol. The molecule has 0 bridgehead atoms. The molecule has 90 valence electrons. The lowest BCUT2D eigenvalue weighted by Gasteiger charge is -2.11. The molecule has 1 atom stereocenters. The molecule has 4 nitrogen and oxygen atoms in total. The quantitative estimate of drug-likeness (QED) is 0.873. The van der Waals surface area contributed by atoms with Crippen LogP contribution in [-0.2, 0) is 4.79 Å². The molecule has 17 heavy (non-hydrogen) atoms. The van der Waals surface area contributed by atoms with Gasteiger partial charge < -0.3 is 10.1 Å². The largest absolute Gasteiger partial charge is 0.484 e. The zero-order valence-corrected chi connectivity index (χ0v) is 10.2. The van der Waals surface area contributed by atoms with Crippen molar-refractivity contribution in [3.63, 3.8) is 0 Å². The predicted octanol–water partition coefficient (Wildman–Crippen LogP) is 2.14. The lowest BCUT2D eigenvalue weighted by atomic mass is 10.2. The zero-order valence-electron chi connectivity index (χ0n) is 9.44. The van der Waals surface area contributed by atoms with Crippen molar-refractivity contribution in [2.45, 2.75) is 19.4 Å². The molecule has 1 amide bonds. The first-order valence-electron chi connectivity index (χ1n) is 5.16. The van der Waals surface area contributed by atoms with Gasteiger partial charge in [-0.15, -0.1) is 0 Å². The van der Waals surface area contributed by atoms with Gasteiger partial charge in [-0.1, -0.05) is 11.6 Å². The van der Waals surface area contributed by atoms with E-state index in [0.29, 0.717) is 10.8 Å². The van der Waals surface area contributed by atoms with Gasteiger partial charge in [0.05, 0.1) is 12.5 Å². The second-order valence-corrected chi connectivity index (χ2v) is 4.01. The molecule has 1 aromatic rings. The average molecular weight is 253 g/mol. The van der Waals surface area contributed by atoms with Crippen LogP contribution in [0.25, 0.3) is 0 Å². The lowest BCUT2D eigenvalue weighted by Crippen LogP contribution is -2.35. The summed E-state index contributed by atoms with van der Waals surface area (Å²) in [6, 6.07) is 8.57. The topological polar surface area (TPSA) is 62.1 Å². The number of nitrogens with one attached hydrogen (secondary N) is 1. The number of nitriles is 1. The Morgan fingerprint density at radius 2 is 2.18 bits per heavy atom. The van der Waals surface area contributed by atoms with Gasteiger partial charge in [-0.2, -0.15) is 5.26 Å². The van der Waals surface area contributed by atoms with E-state index in [1.165, 1.54) is 0 Å². The van der Waals surface area contributed by atoms with Crippen molar-refractivity contribution in [2.75, 3.05) is 6.61 Å². The Bertz CT molecular complexity index is 412. The number of ether oxygens (including phenoxy) is 1. The van der Waals surface area contributed by atoms with Crippen LogP contribution in [0.2, 0.25) is 5.02 Å². The number of carbonyl (C=O) groups is 1. The average Bonchev–Trinajstić information content (AvgIpc) is 2.28. The molecule has 0 radical (unpaired) electrons. The maximum absolute atomic E-state index is 11.4. The molecule has 1 unspecified atom stereocenters. The highest BCUT2D eigenvalue weighted by Crippen LogP contribution is 2.15. The molecule has 0 saturated carbocycles. The highest BCUT2D eigenvalue weighted by Gasteiger charge is 2.07. The SMILES string of the molecule is CC(CC#N)NC(=O)COc1ccc(Cl)cc1. The number of halogens is 1. The number of benzene rings is 1. The summed E-state index contributed by atoms with van der Waals surface area (Å²) < 4.78 is 5.25. The summed E-state index contributed by atoms with van der Waals surface area (Å²) in [5.74, 6) is 0.334. The van der Waals surface area contributed by atoms with E-state index in [4.69, 9.17) is 21.6 Å². The molecular weight excluding hydrogens is 240 g/mol. The molecule has 0 aliphatic carbocycles. The van der Waals surface area contributed by atoms with Crippen LogP contribution in [0, 0.1) is 11.3 Å². The summed E-state index contributed by atoms with van der Waals surface area (Å²) in [6.45, 7) is 1.70. The van der Waals surface area contributed by atoms with Gasteiger partial charge in [-0.3, -0.25) is 4.79 Å². The van der Waals surface area contributed by atoms with E-state index in [9.17, 15) is 4.79 Å². The maximum Gasteiger partial charge on any atom is 0.258 e. The molecule has 0 fully saturated rings. The summed E-state index contributed by atoms with van der Waals surface area (Å²) in [7, 11) is 0. The summed E-state index contributed by atoms with van der Waals surface area (Å²) >= 11 is 5.71. The maximum atomic E-state index is 11.4. The molecule has 1 rings (SSSR count). The minimum Gasteiger partial charge on any atom is -0.484 e. The third-order valence-electron chi connectivity index (χ3n) is 1.99. The molecule has 1 aromatic carbocycles. The summed E-state index contributed by atoms with van der Waals surface area (Å²) in [6.07, 6.45) is 0.284. The third-order valence-corrected chi connectivity index (χ3v) is 2.24. The van der Waals surface area contributed by atoms with E-state index in [1.54, 1.807) is 31.2 Å². The first kappa shape index (κ1) is 13.3. The Hall–Kier alpha value is -1.73. The van der Waals surface area contributed by atoms with E-state index in [-0.39, 0.29) is 25.0 Å². The minimum absolute atomic E-state index is 0.0720. The second kappa shape index (κ2) is 6.77. The van der Waals surface area contributed by atoms with E-state index >= 15 is 0 Å². The van der Waals surface area contributed by atoms with E-state index in [0.717, 1.165) is 0 Å². The van der Waals surface area contributed by atoms with Gasteiger partial charge in [0.15, 0.2) is 6.61 Å². The molecule has 0 saturated heterocycles. The zero-order chi connectivity index (χ0) is 12.7. The highest BCUT2D eigenvalue weighted by molar-refractivity contribution is 6.30. The van der Waals surface area contributed by atoms with E-state index < -0.39 is 0 Å². The van der Waals surface area contributed by atoms with Gasteiger partial charge in [-0.25, -0.2) is 0 Å². The minimum atomic E-state index is -0.247. The molecule has 5 heteroatoms. The van der Waals surface area contributed by atoms with Gasteiger partial charge in [0.1, 0.15) is 5.75 Å². The van der Waals surface area contributed by atoms with Gasteiger partial charge >= 0.3 is 0 Å². The van der Waals surface area contributed by atoms with Crippen LogP contribution >= 0.6 is 11.6 Å². The van der Waals surface area contributed by atoms with Crippen molar-refractivity contribution in [3.8, 4) is 11.8 Å². The van der Waals surface area contributed by atoms with Crippen molar-refractivity contribution in [1.82, 2.24) is 5.32 Å². The second-order valence-electron chi connectivity index (χ2n) is 3.57. The Balaban J connectivity index is 2.33. The van der Waals surface area contributed by atoms with Crippen molar-refractivity contribution in [3.05, 3.63) is 29.3 Å². The predicted molar refractivity (Wildman–Crippen MR) is 64.8 cm³/mol. The summed E-state index contributed by atoms with van der Waals surface area (Å²) in [5.41, 5.74) is 0. The first-order chi connectivity index (χ1) is 8.11. The van der Waals surface area contributed by atoms with Gasteiger partial charge in [-0.05, 0) is 31.2 Å². The van der Waals surface area contributed by atoms with E-state index in [1.807, 2.05) is 6.07 Å². The third kappa shape index (κ3) is 5.23. The number of hydrogen-bond acceptors (Lipinski definition) is 3. The van der Waals surface area contributed by atoms with Crippen molar-refractivity contribution >= 4 is 17.5 Å². The van der Waals surface area contributed by atoms with Crippen LogP contribution in [0.5, 0.6) is 5.75 Å². The normalized spacial score (nSPS) is 11.4. The van der Waals surface area contributed by atoms with E-state index in [2.05, 4.69) is 5.32 Å². The van der Waals surface area contributed by atoms with Crippen LogP contribution in [0.3, 0.4) is 0 Å². The molecule has 0 aliphatic heterocycles. The van der Waals surface area contributed by atoms with Gasteiger partial charge in [0.25, 0.3) is 5.91 Å². The number of rotatable bonds is 5. The molecule has 0 aromatic heterocycles. The standard InChI is InChI=1S/C12H13ClN2O2/c1-9(6-7-14)15-12(16)8-17-11-4-2-10(13)3-5-11/h2-5,9H,6,8H2,1H3,(H,15,16). The fourth-order valence-corrected chi connectivity index (χ4v) is 1.31. The Morgan fingerprint density at radius 3 is 2.76 bits per heavy atom. The first-order valence-corrected chi connectivity index (χ1v) is 5.54. The molecular formula is C12H13ClN2O2. The van der Waals surface area contributed by atoms with Crippen LogP contribution in [0.1, 0.15) is 13.3 Å². The van der Waals surface area contributed by atoms with Crippen molar-refractivity contribution in [1.29, 1.82) is 5.26 Å². The number of amides is 1. The van der Waals surface area contributed by atoms with Crippen LogP contribution in [-0.4, -0.2) is 18.6 Å². The molecule has 0 heterocycles. The lowest BCUT2D eigenvalue weighted by molar-refractivity contribution is -0.123. The highest BCUT2D eigenvalue weighted by atomic mass is 35.5. The molecule has 1 N–H and O–H groups in total. The fraction of sp³-hybridized carbons (Fsp3) is 0.333. The Kier molecular flexibility index (Phi) is 5.31. The molecule has 0 aliphatic rings. The van der Waals surface area contributed by atoms with Gasteiger partial charge in [0.2, 0.25) is 0 Å². The Labute approximate surface area is 105 Å². The van der Waals surface area contributed by atoms with Crippen molar-refractivity contribution in [2.24, 2.45) is 0 Å². The summed E-state index contributed by atoms with van der Waals surface area (Å²) in [4.78, 5) is 11.4. The number of carbonyl (C=O) groups excluding carboxylic acids is 1. The van der Waals surface area contributed by atoms with Crippen molar-refractivity contribution < 1.29 is 9.53 Å². The number of nitrogens with zero attached hydrogens (tertiary/aromatic N) is 1. The molecule has 0 spiro atoms. The van der Waals surface area contributed by atoms with Crippen LogP contribution < -0.4 is 10.1 Å².